The first-order chi connectivity index (χ1) is 15.3. The summed E-state index contributed by atoms with van der Waals surface area (Å²) in [6.45, 7) is 0.571. The lowest BCUT2D eigenvalue weighted by Gasteiger charge is -2.31. The molecule has 0 spiro atoms. The molecule has 1 fully saturated rings. The molecular formula is C23H27ClN2O5S. The van der Waals surface area contributed by atoms with Gasteiger partial charge in [-0.1, -0.05) is 41.9 Å². The molecule has 1 saturated heterocycles. The Morgan fingerprint density at radius 2 is 1.94 bits per heavy atom. The number of rotatable bonds is 8. The van der Waals surface area contributed by atoms with Crippen LogP contribution in [0.25, 0.3) is 0 Å². The molecule has 3 rings (SSSR count). The largest absolute Gasteiger partial charge is 0.465 e. The highest BCUT2D eigenvalue weighted by molar-refractivity contribution is 7.89. The fourth-order valence-electron chi connectivity index (χ4n) is 3.76. The number of anilines is 1. The second-order valence-electron chi connectivity index (χ2n) is 7.78. The van der Waals surface area contributed by atoms with Gasteiger partial charge in [0.25, 0.3) is 0 Å². The topological polar surface area (TPSA) is 92.8 Å². The van der Waals surface area contributed by atoms with E-state index in [1.807, 2.05) is 30.3 Å². The van der Waals surface area contributed by atoms with E-state index in [1.54, 1.807) is 6.07 Å². The van der Waals surface area contributed by atoms with E-state index in [1.165, 1.54) is 23.5 Å². The number of benzene rings is 2. The number of halogens is 1. The summed E-state index contributed by atoms with van der Waals surface area (Å²) in [5, 5.41) is 2.99. The quantitative estimate of drug-likeness (QED) is 0.583. The predicted octanol–water partition coefficient (Wildman–Crippen LogP) is 3.74. The summed E-state index contributed by atoms with van der Waals surface area (Å²) < 4.78 is 31.8. The Morgan fingerprint density at radius 3 is 2.66 bits per heavy atom. The van der Waals surface area contributed by atoms with Gasteiger partial charge < -0.3 is 10.1 Å². The molecule has 2 aromatic rings. The van der Waals surface area contributed by atoms with Gasteiger partial charge in [0.2, 0.25) is 15.9 Å². The number of carbonyl (C=O) groups is 2. The molecular weight excluding hydrogens is 452 g/mol. The lowest BCUT2D eigenvalue weighted by atomic mass is 9.98. The van der Waals surface area contributed by atoms with Crippen molar-refractivity contribution in [2.45, 2.75) is 25.7 Å². The molecule has 1 N–H and O–H groups in total. The van der Waals surface area contributed by atoms with Crippen molar-refractivity contribution < 1.29 is 22.7 Å². The third-order valence-corrected chi connectivity index (χ3v) is 7.75. The lowest BCUT2D eigenvalue weighted by Crippen LogP contribution is -2.44. The SMILES string of the molecule is COC(=O)c1cc(NC(=O)[C@@H]2CCCN(S(=O)(=O)CCCc3ccccc3)C2)ccc1Cl. The molecule has 1 aliphatic rings. The van der Waals surface area contributed by atoms with Crippen molar-refractivity contribution in [3.05, 3.63) is 64.7 Å². The number of aryl methyl sites for hydroxylation is 1. The van der Waals surface area contributed by atoms with Crippen molar-refractivity contribution in [3.8, 4) is 0 Å². The maximum atomic E-state index is 12.8. The molecule has 2 aromatic carbocycles. The zero-order valence-electron chi connectivity index (χ0n) is 17.9. The number of carbonyl (C=O) groups excluding carboxylic acids is 2. The van der Waals surface area contributed by atoms with Gasteiger partial charge in [0, 0.05) is 18.8 Å². The van der Waals surface area contributed by atoms with E-state index >= 15 is 0 Å². The minimum Gasteiger partial charge on any atom is -0.465 e. The third-order valence-electron chi connectivity index (χ3n) is 5.50. The predicted molar refractivity (Wildman–Crippen MR) is 124 cm³/mol. The van der Waals surface area contributed by atoms with Gasteiger partial charge in [-0.15, -0.1) is 0 Å². The lowest BCUT2D eigenvalue weighted by molar-refractivity contribution is -0.120. The highest BCUT2D eigenvalue weighted by Gasteiger charge is 2.32. The number of amides is 1. The van der Waals surface area contributed by atoms with Crippen LogP contribution in [0.15, 0.2) is 48.5 Å². The molecule has 0 aliphatic carbocycles. The van der Waals surface area contributed by atoms with Crippen molar-refractivity contribution in [3.63, 3.8) is 0 Å². The summed E-state index contributed by atoms with van der Waals surface area (Å²) in [6.07, 6.45) is 2.43. The van der Waals surface area contributed by atoms with Gasteiger partial charge in [0.05, 0.1) is 29.4 Å². The van der Waals surface area contributed by atoms with Crippen molar-refractivity contribution in [2.24, 2.45) is 5.92 Å². The van der Waals surface area contributed by atoms with Gasteiger partial charge in [-0.2, -0.15) is 0 Å². The molecule has 9 heteroatoms. The fourth-order valence-corrected chi connectivity index (χ4v) is 5.53. The second-order valence-corrected chi connectivity index (χ2v) is 10.3. The first-order valence-electron chi connectivity index (χ1n) is 10.5. The van der Waals surface area contributed by atoms with Gasteiger partial charge in [-0.05, 0) is 49.4 Å². The van der Waals surface area contributed by atoms with Crippen molar-refractivity contribution >= 4 is 39.2 Å². The molecule has 1 heterocycles. The molecule has 0 unspecified atom stereocenters. The number of hydrogen-bond acceptors (Lipinski definition) is 5. The van der Waals surface area contributed by atoms with Crippen LogP contribution in [0.5, 0.6) is 0 Å². The first-order valence-corrected chi connectivity index (χ1v) is 12.5. The Kier molecular flexibility index (Phi) is 8.28. The average molecular weight is 479 g/mol. The Labute approximate surface area is 193 Å². The van der Waals surface area contributed by atoms with Crippen molar-refractivity contribution in [1.29, 1.82) is 0 Å². The molecule has 7 nitrogen and oxygen atoms in total. The second kappa shape index (κ2) is 10.9. The average Bonchev–Trinajstić information content (AvgIpc) is 2.80. The molecule has 1 atom stereocenters. The molecule has 0 saturated carbocycles. The van der Waals surface area contributed by atoms with E-state index in [2.05, 4.69) is 5.32 Å². The van der Waals surface area contributed by atoms with Gasteiger partial charge in [0.1, 0.15) is 0 Å². The van der Waals surface area contributed by atoms with Gasteiger partial charge in [0.15, 0.2) is 0 Å². The zero-order chi connectivity index (χ0) is 23.1. The highest BCUT2D eigenvalue weighted by Crippen LogP contribution is 2.24. The maximum absolute atomic E-state index is 12.8. The van der Waals surface area contributed by atoms with Gasteiger partial charge >= 0.3 is 5.97 Å². The van der Waals surface area contributed by atoms with Crippen LogP contribution in [0.1, 0.15) is 35.2 Å². The van der Waals surface area contributed by atoms with E-state index < -0.39 is 21.9 Å². The Balaban J connectivity index is 1.59. The van der Waals surface area contributed by atoms with Crippen LogP contribution in [0.2, 0.25) is 5.02 Å². The maximum Gasteiger partial charge on any atom is 0.339 e. The summed E-state index contributed by atoms with van der Waals surface area (Å²) in [4.78, 5) is 24.6. The number of sulfonamides is 1. The van der Waals surface area contributed by atoms with Crippen LogP contribution >= 0.6 is 11.6 Å². The van der Waals surface area contributed by atoms with Crippen LogP contribution in [-0.2, 0) is 26.0 Å². The van der Waals surface area contributed by atoms with Crippen LogP contribution in [0.4, 0.5) is 5.69 Å². The monoisotopic (exact) mass is 478 g/mol. The number of nitrogens with zero attached hydrogens (tertiary/aromatic N) is 1. The molecule has 172 valence electrons. The molecule has 0 aromatic heterocycles. The van der Waals surface area contributed by atoms with Gasteiger partial charge in [-0.3, -0.25) is 4.79 Å². The van der Waals surface area contributed by atoms with E-state index in [9.17, 15) is 18.0 Å². The van der Waals surface area contributed by atoms with Crippen LogP contribution in [0, 0.1) is 5.92 Å². The van der Waals surface area contributed by atoms with Crippen LogP contribution < -0.4 is 5.32 Å². The Morgan fingerprint density at radius 1 is 1.19 bits per heavy atom. The van der Waals surface area contributed by atoms with E-state index in [0.717, 1.165) is 5.56 Å². The summed E-state index contributed by atoms with van der Waals surface area (Å²) in [6, 6.07) is 14.3. The molecule has 1 amide bonds. The van der Waals surface area contributed by atoms with Crippen LogP contribution in [-0.4, -0.2) is 50.6 Å². The highest BCUT2D eigenvalue weighted by atomic mass is 35.5. The molecule has 32 heavy (non-hydrogen) atoms. The number of hydrogen-bond donors (Lipinski definition) is 1. The van der Waals surface area contributed by atoms with Crippen molar-refractivity contribution in [1.82, 2.24) is 4.31 Å². The minimum absolute atomic E-state index is 0.0515. The Bertz CT molecular complexity index is 1060. The number of nitrogens with one attached hydrogen (secondary N) is 1. The molecule has 0 bridgehead atoms. The van der Waals surface area contributed by atoms with Gasteiger partial charge in [-0.25, -0.2) is 17.5 Å². The van der Waals surface area contributed by atoms with Crippen molar-refractivity contribution in [2.75, 3.05) is 31.3 Å². The molecule has 0 radical (unpaired) electrons. The number of methoxy groups -OCH3 is 1. The standard InChI is InChI=1S/C23H27ClN2O5S/c1-31-23(28)20-15-19(11-12-21(20)24)25-22(27)18-10-5-13-26(16-18)32(29,30)14-6-9-17-7-3-2-4-8-17/h2-4,7-8,11-12,15,18H,5-6,9-10,13-14,16H2,1H3,(H,25,27)/t18-/m1/s1. The fraction of sp³-hybridized carbons (Fsp3) is 0.391. The van der Waals surface area contributed by atoms with Crippen LogP contribution in [0.3, 0.4) is 0 Å². The van der Waals surface area contributed by atoms with E-state index in [0.29, 0.717) is 37.9 Å². The summed E-state index contributed by atoms with van der Waals surface area (Å²) in [5.74, 6) is -1.30. The zero-order valence-corrected chi connectivity index (χ0v) is 19.5. The number of piperidine rings is 1. The molecule has 1 aliphatic heterocycles. The summed E-state index contributed by atoms with van der Waals surface area (Å²) >= 11 is 6.02. The number of esters is 1. The normalized spacial score (nSPS) is 17.0. The summed E-state index contributed by atoms with van der Waals surface area (Å²) in [7, 11) is -2.19. The summed E-state index contributed by atoms with van der Waals surface area (Å²) in [5.41, 5.74) is 1.66. The number of ether oxygens (including phenoxy) is 1. The minimum atomic E-state index is -3.45. The van der Waals surface area contributed by atoms with E-state index in [4.69, 9.17) is 16.3 Å². The first kappa shape index (κ1) is 24.2. The third kappa shape index (κ3) is 6.31. The smallest absolute Gasteiger partial charge is 0.339 e. The van der Waals surface area contributed by atoms with E-state index in [-0.39, 0.29) is 28.8 Å². The Hall–Kier alpha value is -2.42.